The number of alkyl halides is 3. The standard InChI is InChI=1S/C22H18F3N3O3/c1-12-19(20(30)21(31)26-17-8-4-6-15(10-17)14(3)29)13(2)28(27-12)18-9-5-7-16(11-18)22(23,24)25/h4-11H,1-3H3,(H,26,31). The Balaban J connectivity index is 1.91. The van der Waals surface area contributed by atoms with Gasteiger partial charge in [0, 0.05) is 11.3 Å². The Hall–Kier alpha value is -3.75. The number of aromatic nitrogens is 2. The molecule has 0 unspecified atom stereocenters. The van der Waals surface area contributed by atoms with Gasteiger partial charge in [0.15, 0.2) is 5.78 Å². The number of nitrogens with one attached hydrogen (secondary N) is 1. The van der Waals surface area contributed by atoms with E-state index in [0.29, 0.717) is 5.56 Å². The van der Waals surface area contributed by atoms with Crippen LogP contribution in [0.5, 0.6) is 0 Å². The summed E-state index contributed by atoms with van der Waals surface area (Å²) in [5.74, 6) is -2.03. The number of aryl methyl sites for hydroxylation is 1. The highest BCUT2D eigenvalue weighted by molar-refractivity contribution is 6.47. The van der Waals surface area contributed by atoms with Gasteiger partial charge in [-0.05, 0) is 51.1 Å². The first-order valence-electron chi connectivity index (χ1n) is 9.19. The number of Topliss-reactive ketones (excluding diaryl/α,β-unsaturated/α-hetero) is 2. The van der Waals surface area contributed by atoms with Crippen molar-refractivity contribution >= 4 is 23.2 Å². The number of carbonyl (C=O) groups excluding carboxylic acids is 3. The summed E-state index contributed by atoms with van der Waals surface area (Å²) >= 11 is 0. The molecule has 31 heavy (non-hydrogen) atoms. The Kier molecular flexibility index (Phi) is 5.79. The fourth-order valence-corrected chi connectivity index (χ4v) is 3.15. The fraction of sp³-hybridized carbons (Fsp3) is 0.182. The lowest BCUT2D eigenvalue weighted by atomic mass is 10.1. The molecule has 0 radical (unpaired) electrons. The second kappa shape index (κ2) is 8.17. The average molecular weight is 429 g/mol. The van der Waals surface area contributed by atoms with Gasteiger partial charge in [-0.25, -0.2) is 4.68 Å². The maximum absolute atomic E-state index is 13.0. The monoisotopic (exact) mass is 429 g/mol. The van der Waals surface area contributed by atoms with Crippen LogP contribution in [0.25, 0.3) is 5.69 Å². The summed E-state index contributed by atoms with van der Waals surface area (Å²) in [5.41, 5.74) is 0.332. The Morgan fingerprint density at radius 3 is 2.32 bits per heavy atom. The van der Waals surface area contributed by atoms with Crippen LogP contribution in [-0.4, -0.2) is 27.3 Å². The normalized spacial score (nSPS) is 11.3. The first-order valence-corrected chi connectivity index (χ1v) is 9.19. The molecule has 9 heteroatoms. The summed E-state index contributed by atoms with van der Waals surface area (Å²) in [4.78, 5) is 36.8. The third kappa shape index (κ3) is 4.55. The lowest BCUT2D eigenvalue weighted by Crippen LogP contribution is -2.24. The molecule has 1 N–H and O–H groups in total. The van der Waals surface area contributed by atoms with E-state index in [1.54, 1.807) is 12.1 Å². The number of ketones is 2. The lowest BCUT2D eigenvalue weighted by Gasteiger charge is -2.10. The molecule has 1 aromatic heterocycles. The summed E-state index contributed by atoms with van der Waals surface area (Å²) < 4.78 is 40.3. The molecule has 0 spiro atoms. The molecule has 1 amide bonds. The van der Waals surface area contributed by atoms with Crippen molar-refractivity contribution in [3.8, 4) is 5.69 Å². The number of hydrogen-bond acceptors (Lipinski definition) is 4. The highest BCUT2D eigenvalue weighted by Gasteiger charge is 2.31. The average Bonchev–Trinajstić information content (AvgIpc) is 3.01. The van der Waals surface area contributed by atoms with Crippen molar-refractivity contribution in [1.29, 1.82) is 0 Å². The highest BCUT2D eigenvalue weighted by atomic mass is 19.4. The second-order valence-corrected chi connectivity index (χ2v) is 6.93. The molecule has 0 aliphatic rings. The molecule has 0 atom stereocenters. The number of hydrogen-bond donors (Lipinski definition) is 1. The van der Waals surface area contributed by atoms with Gasteiger partial charge >= 0.3 is 6.18 Å². The Labute approximate surface area is 175 Å². The van der Waals surface area contributed by atoms with Crippen molar-refractivity contribution in [2.24, 2.45) is 0 Å². The zero-order valence-electron chi connectivity index (χ0n) is 16.9. The zero-order chi connectivity index (χ0) is 22.9. The first kappa shape index (κ1) is 21.9. The molecule has 1 heterocycles. The van der Waals surface area contributed by atoms with Crippen LogP contribution in [0.2, 0.25) is 0 Å². The van der Waals surface area contributed by atoms with E-state index >= 15 is 0 Å². The van der Waals surface area contributed by atoms with Crippen molar-refractivity contribution in [2.45, 2.75) is 26.9 Å². The summed E-state index contributed by atoms with van der Waals surface area (Å²) in [6.07, 6.45) is -4.53. The van der Waals surface area contributed by atoms with Gasteiger partial charge in [-0.15, -0.1) is 0 Å². The van der Waals surface area contributed by atoms with Crippen LogP contribution in [0.4, 0.5) is 18.9 Å². The van der Waals surface area contributed by atoms with Crippen LogP contribution < -0.4 is 5.32 Å². The second-order valence-electron chi connectivity index (χ2n) is 6.93. The molecule has 0 saturated heterocycles. The Morgan fingerprint density at radius 2 is 1.68 bits per heavy atom. The van der Waals surface area contributed by atoms with E-state index in [-0.39, 0.29) is 34.1 Å². The number of anilines is 1. The van der Waals surface area contributed by atoms with E-state index in [1.807, 2.05) is 0 Å². The van der Waals surface area contributed by atoms with Crippen molar-refractivity contribution in [3.05, 3.63) is 76.6 Å². The number of carbonyl (C=O) groups is 3. The first-order chi connectivity index (χ1) is 14.5. The molecule has 0 fully saturated rings. The molecule has 0 aliphatic heterocycles. The van der Waals surface area contributed by atoms with Gasteiger partial charge in [-0.1, -0.05) is 18.2 Å². The Bertz CT molecular complexity index is 1200. The topological polar surface area (TPSA) is 81.1 Å². The molecular weight excluding hydrogens is 411 g/mol. The van der Waals surface area contributed by atoms with Crippen LogP contribution in [0, 0.1) is 13.8 Å². The molecular formula is C22H18F3N3O3. The lowest BCUT2D eigenvalue weighted by molar-refractivity contribution is -0.137. The fourth-order valence-electron chi connectivity index (χ4n) is 3.15. The van der Waals surface area contributed by atoms with Crippen molar-refractivity contribution < 1.29 is 27.6 Å². The zero-order valence-corrected chi connectivity index (χ0v) is 16.9. The minimum absolute atomic E-state index is 0.00219. The highest BCUT2D eigenvalue weighted by Crippen LogP contribution is 2.31. The summed E-state index contributed by atoms with van der Waals surface area (Å²) in [7, 11) is 0. The molecule has 6 nitrogen and oxygen atoms in total. The minimum Gasteiger partial charge on any atom is -0.319 e. The minimum atomic E-state index is -4.53. The van der Waals surface area contributed by atoms with Crippen molar-refractivity contribution in [2.75, 3.05) is 5.32 Å². The van der Waals surface area contributed by atoms with Crippen LogP contribution in [0.3, 0.4) is 0 Å². The van der Waals surface area contributed by atoms with Crippen LogP contribution in [-0.2, 0) is 11.0 Å². The predicted molar refractivity (Wildman–Crippen MR) is 107 cm³/mol. The van der Waals surface area contributed by atoms with E-state index < -0.39 is 23.4 Å². The van der Waals surface area contributed by atoms with Crippen LogP contribution >= 0.6 is 0 Å². The molecule has 0 bridgehead atoms. The smallest absolute Gasteiger partial charge is 0.319 e. The van der Waals surface area contributed by atoms with Gasteiger partial charge in [-0.3, -0.25) is 14.4 Å². The van der Waals surface area contributed by atoms with Gasteiger partial charge in [0.1, 0.15) is 0 Å². The predicted octanol–water partition coefficient (Wildman–Crippen LogP) is 4.53. The third-order valence-electron chi connectivity index (χ3n) is 4.67. The SMILES string of the molecule is CC(=O)c1cccc(NC(=O)C(=O)c2c(C)nn(-c3cccc(C(F)(F)F)c3)c2C)c1. The summed E-state index contributed by atoms with van der Waals surface area (Å²) in [5, 5.41) is 6.60. The quantitative estimate of drug-likeness (QED) is 0.477. The number of benzene rings is 2. The molecule has 160 valence electrons. The molecule has 3 rings (SSSR count). The number of nitrogens with zero attached hydrogens (tertiary/aromatic N) is 2. The maximum atomic E-state index is 13.0. The van der Waals surface area contributed by atoms with E-state index in [1.165, 1.54) is 49.7 Å². The van der Waals surface area contributed by atoms with E-state index in [2.05, 4.69) is 10.4 Å². The summed E-state index contributed by atoms with van der Waals surface area (Å²) in [6, 6.07) is 10.6. The number of rotatable bonds is 5. The van der Waals surface area contributed by atoms with Crippen molar-refractivity contribution in [1.82, 2.24) is 9.78 Å². The largest absolute Gasteiger partial charge is 0.416 e. The maximum Gasteiger partial charge on any atom is 0.416 e. The van der Waals surface area contributed by atoms with Gasteiger partial charge in [-0.2, -0.15) is 18.3 Å². The van der Waals surface area contributed by atoms with Crippen molar-refractivity contribution in [3.63, 3.8) is 0 Å². The molecule has 2 aromatic carbocycles. The van der Waals surface area contributed by atoms with Gasteiger partial charge in [0.25, 0.3) is 11.7 Å². The molecule has 3 aromatic rings. The van der Waals surface area contributed by atoms with E-state index in [9.17, 15) is 27.6 Å². The number of amides is 1. The van der Waals surface area contributed by atoms with Gasteiger partial charge in [0.2, 0.25) is 0 Å². The third-order valence-corrected chi connectivity index (χ3v) is 4.67. The van der Waals surface area contributed by atoms with Crippen LogP contribution in [0.1, 0.15) is 44.6 Å². The molecule has 0 aliphatic carbocycles. The number of halogens is 3. The van der Waals surface area contributed by atoms with Gasteiger partial charge in [0.05, 0.1) is 28.2 Å². The Morgan fingerprint density at radius 1 is 1.00 bits per heavy atom. The van der Waals surface area contributed by atoms with E-state index in [0.717, 1.165) is 12.1 Å². The van der Waals surface area contributed by atoms with Crippen LogP contribution in [0.15, 0.2) is 48.5 Å². The van der Waals surface area contributed by atoms with E-state index in [4.69, 9.17) is 0 Å². The molecule has 0 saturated carbocycles. The van der Waals surface area contributed by atoms with Gasteiger partial charge < -0.3 is 5.32 Å². The summed E-state index contributed by atoms with van der Waals surface area (Å²) in [6.45, 7) is 4.37.